The average Bonchev–Trinajstić information content (AvgIpc) is 2.75. The molecule has 0 saturated heterocycles. The number of nitrogens with one attached hydrogen (secondary N) is 1. The van der Waals surface area contributed by atoms with Crippen LogP contribution in [0.2, 0.25) is 10.0 Å². The van der Waals surface area contributed by atoms with Gasteiger partial charge in [-0.2, -0.15) is 0 Å². The molecule has 0 atom stereocenters. The van der Waals surface area contributed by atoms with Crippen LogP contribution in [0.3, 0.4) is 0 Å². The molecule has 0 aliphatic carbocycles. The van der Waals surface area contributed by atoms with E-state index in [-0.39, 0.29) is 21.4 Å². The van der Waals surface area contributed by atoms with Gasteiger partial charge in [-0.3, -0.25) is 9.10 Å². The second-order valence-corrected chi connectivity index (χ2v) is 9.35. The van der Waals surface area contributed by atoms with Crippen LogP contribution in [-0.2, 0) is 14.8 Å². The second kappa shape index (κ2) is 9.60. The first-order valence-corrected chi connectivity index (χ1v) is 11.4. The molecule has 3 aromatic rings. The Kier molecular flexibility index (Phi) is 7.10. The maximum absolute atomic E-state index is 13.6. The summed E-state index contributed by atoms with van der Waals surface area (Å²) in [5, 5.41) is 3.29. The number of sulfonamides is 1. The number of hydrogen-bond acceptors (Lipinski definition) is 4. The molecule has 0 spiro atoms. The summed E-state index contributed by atoms with van der Waals surface area (Å²) in [6.07, 6.45) is 0. The topological polar surface area (TPSA) is 75.7 Å². The Bertz CT molecular complexity index is 1200. The van der Waals surface area contributed by atoms with Crippen LogP contribution in [0, 0.1) is 6.92 Å². The maximum Gasteiger partial charge on any atom is 0.268 e. The number of para-hydroxylation sites is 1. The van der Waals surface area contributed by atoms with Gasteiger partial charge in [-0.05, 0) is 55.0 Å². The lowest BCUT2D eigenvalue weighted by Gasteiger charge is -2.25. The minimum atomic E-state index is -4.14. The Balaban J connectivity index is 2.01. The summed E-state index contributed by atoms with van der Waals surface area (Å²) in [5.74, 6) is -0.395. The van der Waals surface area contributed by atoms with E-state index in [0.717, 1.165) is 9.87 Å². The quantitative estimate of drug-likeness (QED) is 0.509. The van der Waals surface area contributed by atoms with E-state index in [0.29, 0.717) is 10.7 Å². The molecule has 162 valence electrons. The lowest BCUT2D eigenvalue weighted by Crippen LogP contribution is -2.38. The van der Waals surface area contributed by atoms with Gasteiger partial charge in [0.15, 0.2) is 0 Å². The molecule has 0 bridgehead atoms. The Hall–Kier alpha value is -2.74. The third-order valence-corrected chi connectivity index (χ3v) is 6.78. The van der Waals surface area contributed by atoms with Crippen LogP contribution >= 0.6 is 23.2 Å². The van der Waals surface area contributed by atoms with Gasteiger partial charge < -0.3 is 10.1 Å². The fourth-order valence-corrected chi connectivity index (χ4v) is 4.93. The number of carbonyl (C=O) groups is 1. The van der Waals surface area contributed by atoms with Gasteiger partial charge in [-0.1, -0.05) is 47.5 Å². The Morgan fingerprint density at radius 1 is 1.03 bits per heavy atom. The van der Waals surface area contributed by atoms with Crippen molar-refractivity contribution in [2.75, 3.05) is 23.3 Å². The molecule has 6 nitrogen and oxygen atoms in total. The van der Waals surface area contributed by atoms with Gasteiger partial charge in [0.2, 0.25) is 5.91 Å². The van der Waals surface area contributed by atoms with Crippen molar-refractivity contribution in [2.24, 2.45) is 0 Å². The number of aryl methyl sites for hydroxylation is 1. The normalized spacial score (nSPS) is 11.1. The summed E-state index contributed by atoms with van der Waals surface area (Å²) in [7, 11) is -2.74. The van der Waals surface area contributed by atoms with Crippen molar-refractivity contribution in [3.05, 3.63) is 82.3 Å². The molecule has 1 amide bonds. The lowest BCUT2D eigenvalue weighted by atomic mass is 10.2. The van der Waals surface area contributed by atoms with Gasteiger partial charge in [0.05, 0.1) is 23.5 Å². The zero-order valence-corrected chi connectivity index (χ0v) is 19.1. The van der Waals surface area contributed by atoms with Crippen LogP contribution in [0.4, 0.5) is 11.4 Å². The van der Waals surface area contributed by atoms with E-state index < -0.39 is 22.5 Å². The molecule has 0 fully saturated rings. The van der Waals surface area contributed by atoms with Crippen molar-refractivity contribution in [1.82, 2.24) is 0 Å². The zero-order chi connectivity index (χ0) is 22.6. The molecule has 0 heterocycles. The van der Waals surface area contributed by atoms with Gasteiger partial charge in [0.25, 0.3) is 10.0 Å². The van der Waals surface area contributed by atoms with Crippen molar-refractivity contribution >= 4 is 50.5 Å². The van der Waals surface area contributed by atoms with Crippen LogP contribution in [0.1, 0.15) is 5.56 Å². The smallest absolute Gasteiger partial charge is 0.268 e. The third-order valence-electron chi connectivity index (χ3n) is 4.42. The predicted octanol–water partition coefficient (Wildman–Crippen LogP) is 5.14. The lowest BCUT2D eigenvalue weighted by molar-refractivity contribution is -0.114. The zero-order valence-electron chi connectivity index (χ0n) is 16.8. The van der Waals surface area contributed by atoms with E-state index in [9.17, 15) is 13.2 Å². The molecule has 31 heavy (non-hydrogen) atoms. The van der Waals surface area contributed by atoms with Crippen LogP contribution in [0.25, 0.3) is 0 Å². The monoisotopic (exact) mass is 478 g/mol. The molecule has 3 aromatic carbocycles. The number of hydrogen-bond donors (Lipinski definition) is 1. The number of amides is 1. The van der Waals surface area contributed by atoms with Crippen LogP contribution in [-0.4, -0.2) is 28.0 Å². The summed E-state index contributed by atoms with van der Waals surface area (Å²) < 4.78 is 33.5. The van der Waals surface area contributed by atoms with Crippen molar-refractivity contribution in [2.45, 2.75) is 11.8 Å². The second-order valence-electron chi connectivity index (χ2n) is 6.67. The largest absolute Gasteiger partial charge is 0.495 e. The van der Waals surface area contributed by atoms with Crippen molar-refractivity contribution in [1.29, 1.82) is 0 Å². The van der Waals surface area contributed by atoms with E-state index in [1.807, 2.05) is 0 Å². The first-order chi connectivity index (χ1) is 14.7. The van der Waals surface area contributed by atoms with Crippen LogP contribution in [0.5, 0.6) is 5.75 Å². The highest BCUT2D eigenvalue weighted by Crippen LogP contribution is 2.31. The number of rotatable bonds is 7. The van der Waals surface area contributed by atoms with Crippen molar-refractivity contribution < 1.29 is 17.9 Å². The SMILES string of the molecule is COc1ccc(C)cc1S(=O)(=O)N(CC(=O)Nc1cc(Cl)ccc1Cl)c1ccccc1. The van der Waals surface area contributed by atoms with Gasteiger partial charge in [0.1, 0.15) is 17.2 Å². The molecule has 0 aliphatic heterocycles. The molecule has 0 saturated carbocycles. The molecule has 0 unspecified atom stereocenters. The number of halogens is 2. The summed E-state index contributed by atoms with van der Waals surface area (Å²) >= 11 is 12.1. The standard InChI is InChI=1S/C22H20Cl2N2O4S/c1-15-8-11-20(30-2)21(12-15)31(28,29)26(17-6-4-3-5-7-17)14-22(27)25-19-13-16(23)9-10-18(19)24/h3-13H,14H2,1-2H3,(H,25,27). The van der Waals surface area contributed by atoms with E-state index in [1.165, 1.54) is 19.2 Å². The highest BCUT2D eigenvalue weighted by Gasteiger charge is 2.30. The number of anilines is 2. The predicted molar refractivity (Wildman–Crippen MR) is 124 cm³/mol. The van der Waals surface area contributed by atoms with Gasteiger partial charge in [0, 0.05) is 5.02 Å². The number of benzene rings is 3. The van der Waals surface area contributed by atoms with E-state index >= 15 is 0 Å². The van der Waals surface area contributed by atoms with Crippen LogP contribution in [0.15, 0.2) is 71.6 Å². The molecule has 1 N–H and O–H groups in total. The fourth-order valence-electron chi connectivity index (χ4n) is 2.93. The van der Waals surface area contributed by atoms with E-state index in [4.69, 9.17) is 27.9 Å². The Morgan fingerprint density at radius 3 is 2.42 bits per heavy atom. The summed E-state index contributed by atoms with van der Waals surface area (Å²) in [4.78, 5) is 12.8. The maximum atomic E-state index is 13.6. The van der Waals surface area contributed by atoms with Gasteiger partial charge in [-0.15, -0.1) is 0 Å². The Labute approximate surface area is 191 Å². The molecular formula is C22H20Cl2N2O4S. The van der Waals surface area contributed by atoms with E-state index in [1.54, 1.807) is 61.5 Å². The summed E-state index contributed by atoms with van der Waals surface area (Å²) in [5.41, 5.74) is 1.36. The first kappa shape index (κ1) is 22.9. The highest BCUT2D eigenvalue weighted by atomic mass is 35.5. The van der Waals surface area contributed by atoms with E-state index in [2.05, 4.69) is 5.32 Å². The first-order valence-electron chi connectivity index (χ1n) is 9.19. The minimum Gasteiger partial charge on any atom is -0.495 e. The molecule has 0 radical (unpaired) electrons. The summed E-state index contributed by atoms with van der Waals surface area (Å²) in [6.45, 7) is 1.30. The number of carbonyl (C=O) groups excluding carboxylic acids is 1. The minimum absolute atomic E-state index is 0.0348. The number of ether oxygens (including phenoxy) is 1. The molecule has 9 heteroatoms. The molecule has 3 rings (SSSR count). The van der Waals surface area contributed by atoms with Crippen molar-refractivity contribution in [3.63, 3.8) is 0 Å². The molecular weight excluding hydrogens is 459 g/mol. The van der Waals surface area contributed by atoms with Gasteiger partial charge in [-0.25, -0.2) is 8.42 Å². The molecule has 0 aromatic heterocycles. The van der Waals surface area contributed by atoms with Crippen molar-refractivity contribution in [3.8, 4) is 5.75 Å². The highest BCUT2D eigenvalue weighted by molar-refractivity contribution is 7.93. The van der Waals surface area contributed by atoms with Gasteiger partial charge >= 0.3 is 0 Å². The third kappa shape index (κ3) is 5.31. The fraction of sp³-hybridized carbons (Fsp3) is 0.136. The number of methoxy groups -OCH3 is 1. The number of nitrogens with zero attached hydrogens (tertiary/aromatic N) is 1. The Morgan fingerprint density at radius 2 is 1.74 bits per heavy atom. The average molecular weight is 479 g/mol. The van der Waals surface area contributed by atoms with Crippen LogP contribution < -0.4 is 14.4 Å². The summed E-state index contributed by atoms with van der Waals surface area (Å²) in [6, 6.07) is 17.8. The molecule has 0 aliphatic rings.